The minimum Gasteiger partial charge on any atom is -0.481 e. The number of carboxylic acid groups (broad SMARTS) is 1. The van der Waals surface area contributed by atoms with Crippen LogP contribution in [0.5, 0.6) is 0 Å². The standard InChI is InChI=1S/C15H21N3O3/c1-2-17(11-12-6-3-4-8-16-12)15(21)18-9-5-7-13(18)10-14(19)20/h3-4,6,8,13H,2,5,7,9-11H2,1H3,(H,19,20). The Bertz CT molecular complexity index is 492. The van der Waals surface area contributed by atoms with Gasteiger partial charge in [-0.05, 0) is 31.9 Å². The fourth-order valence-corrected chi connectivity index (χ4v) is 2.68. The molecule has 2 amide bonds. The number of carbonyl (C=O) groups is 2. The molecule has 6 heteroatoms. The van der Waals surface area contributed by atoms with Gasteiger partial charge in [0.2, 0.25) is 0 Å². The van der Waals surface area contributed by atoms with Crippen LogP contribution in [0.2, 0.25) is 0 Å². The second-order valence-corrected chi connectivity index (χ2v) is 5.21. The Balaban J connectivity index is 2.03. The summed E-state index contributed by atoms with van der Waals surface area (Å²) in [6, 6.07) is 5.34. The number of hydrogen-bond donors (Lipinski definition) is 1. The molecule has 0 spiro atoms. The van der Waals surface area contributed by atoms with E-state index in [1.54, 1.807) is 16.0 Å². The Morgan fingerprint density at radius 3 is 2.90 bits per heavy atom. The van der Waals surface area contributed by atoms with E-state index in [-0.39, 0.29) is 18.5 Å². The van der Waals surface area contributed by atoms with Crippen LogP contribution >= 0.6 is 0 Å². The summed E-state index contributed by atoms with van der Waals surface area (Å²) in [5.74, 6) is -0.854. The SMILES string of the molecule is CCN(Cc1ccccn1)C(=O)N1CCCC1CC(=O)O. The number of carbonyl (C=O) groups excluding carboxylic acids is 1. The normalized spacial score (nSPS) is 17.8. The maximum Gasteiger partial charge on any atom is 0.320 e. The smallest absolute Gasteiger partial charge is 0.320 e. The minimum atomic E-state index is -0.854. The first-order chi connectivity index (χ1) is 10.1. The molecule has 0 aliphatic carbocycles. The van der Waals surface area contributed by atoms with Gasteiger partial charge in [0.15, 0.2) is 0 Å². The molecule has 21 heavy (non-hydrogen) atoms. The molecule has 1 fully saturated rings. The Labute approximate surface area is 124 Å². The number of pyridine rings is 1. The highest BCUT2D eigenvalue weighted by Crippen LogP contribution is 2.22. The first-order valence-electron chi connectivity index (χ1n) is 7.29. The van der Waals surface area contributed by atoms with E-state index in [2.05, 4.69) is 4.98 Å². The number of carboxylic acids is 1. The summed E-state index contributed by atoms with van der Waals surface area (Å²) < 4.78 is 0. The second kappa shape index (κ2) is 7.06. The van der Waals surface area contributed by atoms with Gasteiger partial charge in [-0.3, -0.25) is 9.78 Å². The average molecular weight is 291 g/mol. The molecule has 1 aliphatic rings. The Morgan fingerprint density at radius 1 is 1.48 bits per heavy atom. The third-order valence-corrected chi connectivity index (χ3v) is 3.76. The van der Waals surface area contributed by atoms with E-state index in [4.69, 9.17) is 5.11 Å². The number of hydrogen-bond acceptors (Lipinski definition) is 3. The van der Waals surface area contributed by atoms with Crippen LogP contribution in [0.4, 0.5) is 4.79 Å². The molecule has 2 heterocycles. The van der Waals surface area contributed by atoms with Gasteiger partial charge < -0.3 is 14.9 Å². The molecule has 0 radical (unpaired) electrons. The minimum absolute atomic E-state index is 0.0207. The largest absolute Gasteiger partial charge is 0.481 e. The van der Waals surface area contributed by atoms with Crippen molar-refractivity contribution in [2.45, 2.75) is 38.8 Å². The van der Waals surface area contributed by atoms with E-state index in [1.165, 1.54) is 0 Å². The van der Waals surface area contributed by atoms with Gasteiger partial charge in [-0.25, -0.2) is 4.79 Å². The van der Waals surface area contributed by atoms with Gasteiger partial charge in [0, 0.05) is 25.3 Å². The van der Waals surface area contributed by atoms with Crippen molar-refractivity contribution in [3.8, 4) is 0 Å². The molecule has 114 valence electrons. The lowest BCUT2D eigenvalue weighted by atomic mass is 10.1. The Hall–Kier alpha value is -2.11. The predicted octanol–water partition coefficient (Wildman–Crippen LogP) is 1.96. The Morgan fingerprint density at radius 2 is 2.29 bits per heavy atom. The highest BCUT2D eigenvalue weighted by Gasteiger charge is 2.32. The van der Waals surface area contributed by atoms with Gasteiger partial charge in [0.1, 0.15) is 0 Å². The number of aliphatic carboxylic acids is 1. The van der Waals surface area contributed by atoms with Crippen LogP contribution in [-0.2, 0) is 11.3 Å². The second-order valence-electron chi connectivity index (χ2n) is 5.21. The van der Waals surface area contributed by atoms with Gasteiger partial charge in [0.05, 0.1) is 18.7 Å². The summed E-state index contributed by atoms with van der Waals surface area (Å²) in [6.45, 7) is 3.58. The molecule has 0 bridgehead atoms. The summed E-state index contributed by atoms with van der Waals surface area (Å²) in [7, 11) is 0. The first kappa shape index (κ1) is 15.3. The van der Waals surface area contributed by atoms with E-state index >= 15 is 0 Å². The summed E-state index contributed by atoms with van der Waals surface area (Å²) in [5, 5.41) is 8.94. The van der Waals surface area contributed by atoms with Crippen LogP contribution in [0.1, 0.15) is 31.9 Å². The van der Waals surface area contributed by atoms with Crippen LogP contribution in [-0.4, -0.2) is 51.0 Å². The lowest BCUT2D eigenvalue weighted by Gasteiger charge is -2.30. The third kappa shape index (κ3) is 3.93. The molecular formula is C15H21N3O3. The summed E-state index contributed by atoms with van der Waals surface area (Å²) in [6.07, 6.45) is 3.35. The highest BCUT2D eigenvalue weighted by atomic mass is 16.4. The fourth-order valence-electron chi connectivity index (χ4n) is 2.68. The van der Waals surface area contributed by atoms with Crippen molar-refractivity contribution in [3.63, 3.8) is 0 Å². The third-order valence-electron chi connectivity index (χ3n) is 3.76. The van der Waals surface area contributed by atoms with Crippen molar-refractivity contribution in [1.82, 2.24) is 14.8 Å². The van der Waals surface area contributed by atoms with E-state index in [1.807, 2.05) is 25.1 Å². The van der Waals surface area contributed by atoms with Crippen LogP contribution in [0, 0.1) is 0 Å². The van der Waals surface area contributed by atoms with Crippen molar-refractivity contribution in [2.75, 3.05) is 13.1 Å². The van der Waals surface area contributed by atoms with Crippen molar-refractivity contribution in [1.29, 1.82) is 0 Å². The molecule has 1 aliphatic heterocycles. The lowest BCUT2D eigenvalue weighted by Crippen LogP contribution is -2.45. The molecule has 1 unspecified atom stereocenters. The number of aromatic nitrogens is 1. The zero-order valence-electron chi connectivity index (χ0n) is 12.2. The number of rotatable bonds is 5. The van der Waals surface area contributed by atoms with Crippen LogP contribution < -0.4 is 0 Å². The maximum atomic E-state index is 12.6. The average Bonchev–Trinajstić information content (AvgIpc) is 2.92. The van der Waals surface area contributed by atoms with Crippen molar-refractivity contribution >= 4 is 12.0 Å². The van der Waals surface area contributed by atoms with E-state index in [9.17, 15) is 9.59 Å². The monoisotopic (exact) mass is 291 g/mol. The molecule has 0 aromatic carbocycles. The highest BCUT2D eigenvalue weighted by molar-refractivity contribution is 5.76. The van der Waals surface area contributed by atoms with Gasteiger partial charge in [0.25, 0.3) is 0 Å². The summed E-state index contributed by atoms with van der Waals surface area (Å²) in [4.78, 5) is 31.1. The first-order valence-corrected chi connectivity index (χ1v) is 7.29. The van der Waals surface area contributed by atoms with Gasteiger partial charge >= 0.3 is 12.0 Å². The summed E-state index contributed by atoms with van der Waals surface area (Å²) in [5.41, 5.74) is 0.835. The molecule has 2 rings (SSSR count). The van der Waals surface area contributed by atoms with Crippen LogP contribution in [0.15, 0.2) is 24.4 Å². The number of amides is 2. The number of likely N-dealkylation sites (tertiary alicyclic amines) is 1. The van der Waals surface area contributed by atoms with E-state index in [0.717, 1.165) is 18.5 Å². The molecule has 1 atom stereocenters. The molecule has 1 saturated heterocycles. The maximum absolute atomic E-state index is 12.6. The molecule has 1 aromatic heterocycles. The Kier molecular flexibility index (Phi) is 5.14. The molecule has 1 N–H and O–H groups in total. The molecule has 6 nitrogen and oxygen atoms in total. The van der Waals surface area contributed by atoms with Gasteiger partial charge in [-0.15, -0.1) is 0 Å². The molecule has 0 saturated carbocycles. The topological polar surface area (TPSA) is 73.7 Å². The van der Waals surface area contributed by atoms with Crippen molar-refractivity contribution in [2.24, 2.45) is 0 Å². The molecular weight excluding hydrogens is 270 g/mol. The summed E-state index contributed by atoms with van der Waals surface area (Å²) >= 11 is 0. The number of urea groups is 1. The van der Waals surface area contributed by atoms with Crippen LogP contribution in [0.25, 0.3) is 0 Å². The zero-order valence-corrected chi connectivity index (χ0v) is 12.2. The quantitative estimate of drug-likeness (QED) is 0.900. The number of nitrogens with zero attached hydrogens (tertiary/aromatic N) is 3. The van der Waals surface area contributed by atoms with Gasteiger partial charge in [-0.2, -0.15) is 0 Å². The van der Waals surface area contributed by atoms with Crippen LogP contribution in [0.3, 0.4) is 0 Å². The van der Waals surface area contributed by atoms with Crippen molar-refractivity contribution in [3.05, 3.63) is 30.1 Å². The zero-order chi connectivity index (χ0) is 15.2. The van der Waals surface area contributed by atoms with Gasteiger partial charge in [-0.1, -0.05) is 6.07 Å². The fraction of sp³-hybridized carbons (Fsp3) is 0.533. The van der Waals surface area contributed by atoms with Crippen molar-refractivity contribution < 1.29 is 14.7 Å². The predicted molar refractivity (Wildman–Crippen MR) is 77.7 cm³/mol. The molecule has 1 aromatic rings. The lowest BCUT2D eigenvalue weighted by molar-refractivity contribution is -0.138. The van der Waals surface area contributed by atoms with E-state index in [0.29, 0.717) is 19.6 Å². The van der Waals surface area contributed by atoms with E-state index < -0.39 is 5.97 Å².